The minimum Gasteiger partial charge on any atom is -0.483 e. The standard InChI is InChI=1S/C18H17N3O2/c1-18(2)10-15(20-13-6-7-21(3)17(22)9-13)14-8-12(11-19)4-5-16(14)23-18/h4-10,20H,1-3H3. The van der Waals surface area contributed by atoms with E-state index in [4.69, 9.17) is 10.00 Å². The van der Waals surface area contributed by atoms with E-state index in [1.54, 1.807) is 31.4 Å². The van der Waals surface area contributed by atoms with E-state index in [1.165, 1.54) is 10.6 Å². The number of fused-ring (bicyclic) bond motifs is 1. The number of pyridine rings is 1. The van der Waals surface area contributed by atoms with E-state index in [2.05, 4.69) is 11.4 Å². The van der Waals surface area contributed by atoms with Gasteiger partial charge in [-0.15, -0.1) is 0 Å². The maximum Gasteiger partial charge on any atom is 0.252 e. The molecular weight excluding hydrogens is 290 g/mol. The normalized spacial score (nSPS) is 15.0. The largest absolute Gasteiger partial charge is 0.483 e. The highest BCUT2D eigenvalue weighted by Crippen LogP contribution is 2.36. The topological polar surface area (TPSA) is 67.1 Å². The maximum atomic E-state index is 11.8. The van der Waals surface area contributed by atoms with E-state index in [-0.39, 0.29) is 5.56 Å². The van der Waals surface area contributed by atoms with Crippen molar-refractivity contribution >= 4 is 11.4 Å². The van der Waals surface area contributed by atoms with E-state index in [0.717, 1.165) is 11.3 Å². The average Bonchev–Trinajstić information content (AvgIpc) is 2.49. The molecule has 1 aromatic heterocycles. The Kier molecular flexibility index (Phi) is 3.45. The highest BCUT2D eigenvalue weighted by Gasteiger charge is 2.27. The van der Waals surface area contributed by atoms with Crippen molar-refractivity contribution in [3.05, 3.63) is 64.1 Å². The first-order chi connectivity index (χ1) is 10.9. The van der Waals surface area contributed by atoms with Gasteiger partial charge in [0.2, 0.25) is 0 Å². The van der Waals surface area contributed by atoms with Crippen molar-refractivity contribution in [2.24, 2.45) is 7.05 Å². The highest BCUT2D eigenvalue weighted by molar-refractivity contribution is 5.82. The fraction of sp³-hybridized carbons (Fsp3) is 0.222. The third-order valence-electron chi connectivity index (χ3n) is 3.65. The van der Waals surface area contributed by atoms with Crippen molar-refractivity contribution in [1.82, 2.24) is 4.57 Å². The molecule has 0 aliphatic carbocycles. The van der Waals surface area contributed by atoms with Crippen LogP contribution in [0.25, 0.3) is 5.70 Å². The van der Waals surface area contributed by atoms with Crippen LogP contribution < -0.4 is 15.6 Å². The molecule has 0 fully saturated rings. The summed E-state index contributed by atoms with van der Waals surface area (Å²) in [6.45, 7) is 3.92. The zero-order chi connectivity index (χ0) is 16.6. The van der Waals surface area contributed by atoms with Crippen LogP contribution in [0.2, 0.25) is 0 Å². The van der Waals surface area contributed by atoms with Gasteiger partial charge in [0.15, 0.2) is 0 Å². The Balaban J connectivity index is 2.06. The second-order valence-corrected chi connectivity index (χ2v) is 6.08. The number of hydrogen-bond acceptors (Lipinski definition) is 4. The molecule has 0 atom stereocenters. The number of nitrogens with zero attached hydrogens (tertiary/aromatic N) is 2. The average molecular weight is 307 g/mol. The van der Waals surface area contributed by atoms with Crippen LogP contribution in [-0.2, 0) is 7.05 Å². The van der Waals surface area contributed by atoms with Gasteiger partial charge in [-0.05, 0) is 44.2 Å². The van der Waals surface area contributed by atoms with Gasteiger partial charge in [-0.1, -0.05) is 0 Å². The summed E-state index contributed by atoms with van der Waals surface area (Å²) in [4.78, 5) is 11.8. The van der Waals surface area contributed by atoms with E-state index in [9.17, 15) is 4.79 Å². The number of ether oxygens (including phenoxy) is 1. The predicted molar refractivity (Wildman–Crippen MR) is 89.1 cm³/mol. The van der Waals surface area contributed by atoms with Gasteiger partial charge >= 0.3 is 0 Å². The van der Waals surface area contributed by atoms with Crippen LogP contribution in [0.4, 0.5) is 5.69 Å². The molecule has 0 unspecified atom stereocenters. The monoisotopic (exact) mass is 307 g/mol. The second kappa shape index (κ2) is 5.33. The Morgan fingerprint density at radius 3 is 2.74 bits per heavy atom. The Bertz CT molecular complexity index is 901. The zero-order valence-corrected chi connectivity index (χ0v) is 13.3. The Labute approximate surface area is 134 Å². The lowest BCUT2D eigenvalue weighted by atomic mass is 9.97. The van der Waals surface area contributed by atoms with Gasteiger partial charge in [-0.25, -0.2) is 0 Å². The van der Waals surface area contributed by atoms with Gasteiger partial charge in [0.05, 0.1) is 11.6 Å². The summed E-state index contributed by atoms with van der Waals surface area (Å²) in [6.07, 6.45) is 3.66. The summed E-state index contributed by atoms with van der Waals surface area (Å²) < 4.78 is 7.45. The van der Waals surface area contributed by atoms with Crippen LogP contribution in [0.5, 0.6) is 5.75 Å². The van der Waals surface area contributed by atoms with Gasteiger partial charge in [0.25, 0.3) is 5.56 Å². The van der Waals surface area contributed by atoms with Crippen molar-refractivity contribution in [3.63, 3.8) is 0 Å². The summed E-state index contributed by atoms with van der Waals surface area (Å²) in [5.74, 6) is 0.711. The van der Waals surface area contributed by atoms with Gasteiger partial charge in [0.1, 0.15) is 11.4 Å². The van der Waals surface area contributed by atoms with Crippen molar-refractivity contribution in [2.75, 3.05) is 5.32 Å². The predicted octanol–water partition coefficient (Wildman–Crippen LogP) is 2.88. The lowest BCUT2D eigenvalue weighted by molar-refractivity contribution is 0.158. The molecule has 1 N–H and O–H groups in total. The van der Waals surface area contributed by atoms with Crippen LogP contribution in [-0.4, -0.2) is 10.2 Å². The van der Waals surface area contributed by atoms with Crippen LogP contribution in [0.1, 0.15) is 25.0 Å². The number of nitriles is 1. The molecule has 116 valence electrons. The van der Waals surface area contributed by atoms with Gasteiger partial charge in [0, 0.05) is 36.3 Å². The number of aryl methyl sites for hydroxylation is 1. The molecule has 5 heteroatoms. The molecule has 0 radical (unpaired) electrons. The highest BCUT2D eigenvalue weighted by atomic mass is 16.5. The molecule has 5 nitrogen and oxygen atoms in total. The molecule has 2 heterocycles. The third kappa shape index (κ3) is 2.97. The van der Waals surface area contributed by atoms with Crippen LogP contribution >= 0.6 is 0 Å². The first-order valence-electron chi connectivity index (χ1n) is 7.28. The molecular formula is C18H17N3O2. The Morgan fingerprint density at radius 1 is 1.26 bits per heavy atom. The van der Waals surface area contributed by atoms with E-state index >= 15 is 0 Å². The summed E-state index contributed by atoms with van der Waals surface area (Å²) in [5.41, 5.74) is 2.32. The molecule has 0 saturated heterocycles. The summed E-state index contributed by atoms with van der Waals surface area (Å²) >= 11 is 0. The quantitative estimate of drug-likeness (QED) is 0.926. The van der Waals surface area contributed by atoms with Crippen LogP contribution in [0, 0.1) is 11.3 Å². The smallest absolute Gasteiger partial charge is 0.252 e. The van der Waals surface area contributed by atoms with Gasteiger partial charge in [-0.2, -0.15) is 5.26 Å². The first kappa shape index (κ1) is 14.9. The van der Waals surface area contributed by atoms with Crippen molar-refractivity contribution in [3.8, 4) is 11.8 Å². The number of benzene rings is 1. The third-order valence-corrected chi connectivity index (χ3v) is 3.65. The molecule has 1 aromatic carbocycles. The van der Waals surface area contributed by atoms with Crippen molar-refractivity contribution in [1.29, 1.82) is 5.26 Å². The lowest BCUT2D eigenvalue weighted by Gasteiger charge is -2.31. The summed E-state index contributed by atoms with van der Waals surface area (Å²) in [5, 5.41) is 12.4. The minimum absolute atomic E-state index is 0.0899. The number of aromatic nitrogens is 1. The Morgan fingerprint density at radius 2 is 2.04 bits per heavy atom. The van der Waals surface area contributed by atoms with Crippen molar-refractivity contribution < 1.29 is 4.74 Å². The molecule has 0 spiro atoms. The maximum absolute atomic E-state index is 11.8. The van der Waals surface area contributed by atoms with Crippen molar-refractivity contribution in [2.45, 2.75) is 19.4 Å². The lowest BCUT2D eigenvalue weighted by Crippen LogP contribution is -2.30. The number of nitrogens with one attached hydrogen (secondary N) is 1. The number of anilines is 1. The molecule has 2 aromatic rings. The number of rotatable bonds is 2. The van der Waals surface area contributed by atoms with E-state index in [1.807, 2.05) is 26.0 Å². The minimum atomic E-state index is -0.483. The SMILES string of the molecule is Cn1ccc(NC2=CC(C)(C)Oc3ccc(C#N)cc32)cc1=O. The van der Waals surface area contributed by atoms with Crippen LogP contribution in [0.3, 0.4) is 0 Å². The second-order valence-electron chi connectivity index (χ2n) is 6.08. The molecule has 0 saturated carbocycles. The molecule has 3 rings (SSSR count). The molecule has 1 aliphatic rings. The fourth-order valence-corrected chi connectivity index (χ4v) is 2.52. The van der Waals surface area contributed by atoms with Crippen LogP contribution in [0.15, 0.2) is 47.4 Å². The molecule has 0 amide bonds. The zero-order valence-electron chi connectivity index (χ0n) is 13.3. The molecule has 1 aliphatic heterocycles. The fourth-order valence-electron chi connectivity index (χ4n) is 2.52. The number of hydrogen-bond donors (Lipinski definition) is 1. The molecule has 23 heavy (non-hydrogen) atoms. The van der Waals surface area contributed by atoms with Gasteiger partial charge in [-0.3, -0.25) is 4.79 Å². The summed E-state index contributed by atoms with van der Waals surface area (Å²) in [6, 6.07) is 10.8. The first-order valence-corrected chi connectivity index (χ1v) is 7.28. The summed E-state index contributed by atoms with van der Waals surface area (Å²) in [7, 11) is 1.71. The molecule has 0 bridgehead atoms. The van der Waals surface area contributed by atoms with E-state index < -0.39 is 5.60 Å². The Hall–Kier alpha value is -3.00. The van der Waals surface area contributed by atoms with Gasteiger partial charge < -0.3 is 14.6 Å². The van der Waals surface area contributed by atoms with E-state index in [0.29, 0.717) is 17.0 Å².